The minimum atomic E-state index is -3.55. The highest BCUT2D eigenvalue weighted by molar-refractivity contribution is 7.88. The second-order valence-electron chi connectivity index (χ2n) is 6.01. The lowest BCUT2D eigenvalue weighted by Gasteiger charge is -2.26. The summed E-state index contributed by atoms with van der Waals surface area (Å²) in [5, 5.41) is 2.74. The van der Waals surface area contributed by atoms with Crippen LogP contribution in [0.2, 0.25) is 0 Å². The minimum absolute atomic E-state index is 0.113. The summed E-state index contributed by atoms with van der Waals surface area (Å²) in [7, 11) is -3.55. The molecule has 1 aliphatic heterocycles. The maximum atomic E-state index is 12.2. The first kappa shape index (κ1) is 19.8. The summed E-state index contributed by atoms with van der Waals surface area (Å²) in [6, 6.07) is 7.44. The minimum Gasteiger partial charge on any atom is -0.379 e. The second kappa shape index (κ2) is 9.86. The first-order valence-corrected chi connectivity index (χ1v) is 10.3. The predicted molar refractivity (Wildman–Crippen MR) is 96.7 cm³/mol. The lowest BCUT2D eigenvalue weighted by atomic mass is 10.1. The highest BCUT2D eigenvalue weighted by Crippen LogP contribution is 2.12. The third kappa shape index (κ3) is 7.11. The Hall–Kier alpha value is -1.48. The summed E-state index contributed by atoms with van der Waals surface area (Å²) in [5.74, 6) is -0.432. The molecule has 25 heavy (non-hydrogen) atoms. The van der Waals surface area contributed by atoms with Crippen LogP contribution in [0.1, 0.15) is 18.1 Å². The molecular formula is C17H27N3O4S. The van der Waals surface area contributed by atoms with Gasteiger partial charge < -0.3 is 10.1 Å². The second-order valence-corrected chi connectivity index (χ2v) is 7.81. The molecule has 0 saturated carbocycles. The molecule has 1 aliphatic rings. The Morgan fingerprint density at radius 2 is 1.88 bits per heavy atom. The van der Waals surface area contributed by atoms with E-state index in [2.05, 4.69) is 14.9 Å². The summed E-state index contributed by atoms with van der Waals surface area (Å²) < 4.78 is 32.0. The average molecular weight is 369 g/mol. The van der Waals surface area contributed by atoms with Crippen molar-refractivity contribution in [1.82, 2.24) is 14.9 Å². The monoisotopic (exact) mass is 369 g/mol. The Kier molecular flexibility index (Phi) is 7.83. The number of hydrogen-bond acceptors (Lipinski definition) is 5. The maximum Gasteiger partial charge on any atom is 0.235 e. The van der Waals surface area contributed by atoms with Gasteiger partial charge in [-0.2, -0.15) is 0 Å². The van der Waals surface area contributed by atoms with Crippen LogP contribution in [0, 0.1) is 0 Å². The highest BCUT2D eigenvalue weighted by Gasteiger charge is 2.15. The fourth-order valence-electron chi connectivity index (χ4n) is 2.72. The Morgan fingerprint density at radius 1 is 1.20 bits per heavy atom. The van der Waals surface area contributed by atoms with Crippen molar-refractivity contribution in [3.63, 3.8) is 0 Å². The Morgan fingerprint density at radius 3 is 2.56 bits per heavy atom. The van der Waals surface area contributed by atoms with Crippen LogP contribution in [-0.4, -0.2) is 65.2 Å². The lowest BCUT2D eigenvalue weighted by molar-refractivity contribution is -0.120. The first-order valence-electron chi connectivity index (χ1n) is 8.61. The van der Waals surface area contributed by atoms with Crippen LogP contribution in [0.5, 0.6) is 0 Å². The number of sulfonamides is 1. The van der Waals surface area contributed by atoms with E-state index in [0.29, 0.717) is 19.8 Å². The normalized spacial score (nSPS) is 15.9. The number of carbonyl (C=O) groups is 1. The fraction of sp³-hybridized carbons (Fsp3) is 0.588. The zero-order valence-corrected chi connectivity index (χ0v) is 15.5. The van der Waals surface area contributed by atoms with Crippen molar-refractivity contribution in [2.75, 3.05) is 45.9 Å². The molecule has 1 heterocycles. The Bertz CT molecular complexity index is 658. The summed E-state index contributed by atoms with van der Waals surface area (Å²) in [4.78, 5) is 14.0. The van der Waals surface area contributed by atoms with Crippen molar-refractivity contribution in [3.8, 4) is 0 Å². The molecule has 140 valence electrons. The fourth-order valence-corrected chi connectivity index (χ4v) is 3.86. The number of carbonyl (C=O) groups excluding carboxylic acids is 1. The number of amides is 1. The summed E-state index contributed by atoms with van der Waals surface area (Å²) in [5.41, 5.74) is 1.77. The summed E-state index contributed by atoms with van der Waals surface area (Å²) >= 11 is 0. The van der Waals surface area contributed by atoms with Gasteiger partial charge in [-0.1, -0.05) is 31.2 Å². The van der Waals surface area contributed by atoms with Gasteiger partial charge in [0.2, 0.25) is 15.9 Å². The van der Waals surface area contributed by atoms with Crippen molar-refractivity contribution >= 4 is 15.9 Å². The van der Waals surface area contributed by atoms with E-state index in [4.69, 9.17) is 4.74 Å². The molecule has 1 aromatic rings. The Labute approximate surface area is 149 Å². The van der Waals surface area contributed by atoms with E-state index >= 15 is 0 Å². The molecule has 1 saturated heterocycles. The largest absolute Gasteiger partial charge is 0.379 e. The van der Waals surface area contributed by atoms with Crippen LogP contribution in [0.15, 0.2) is 24.3 Å². The van der Waals surface area contributed by atoms with Gasteiger partial charge in [-0.15, -0.1) is 0 Å². The molecule has 0 unspecified atom stereocenters. The van der Waals surface area contributed by atoms with Gasteiger partial charge in [0.15, 0.2) is 0 Å². The SMILES string of the molecule is CCc1ccccc1CS(=O)(=O)NCC(=O)NCCN1CCOCC1. The molecular weight excluding hydrogens is 342 g/mol. The van der Waals surface area contributed by atoms with Gasteiger partial charge >= 0.3 is 0 Å². The highest BCUT2D eigenvalue weighted by atomic mass is 32.2. The standard InChI is InChI=1S/C17H27N3O4S/c1-2-15-5-3-4-6-16(15)14-25(22,23)19-13-17(21)18-7-8-20-9-11-24-12-10-20/h3-6,19H,2,7-14H2,1H3,(H,18,21). The van der Waals surface area contributed by atoms with Crippen LogP contribution in [0.4, 0.5) is 0 Å². The van der Waals surface area contributed by atoms with Crippen molar-refractivity contribution in [2.24, 2.45) is 0 Å². The number of morpholine rings is 1. The number of aryl methyl sites for hydroxylation is 1. The van der Waals surface area contributed by atoms with Gasteiger partial charge in [0.25, 0.3) is 0 Å². The van der Waals surface area contributed by atoms with E-state index < -0.39 is 10.0 Å². The number of rotatable bonds is 9. The maximum absolute atomic E-state index is 12.2. The number of nitrogens with zero attached hydrogens (tertiary/aromatic N) is 1. The van der Waals surface area contributed by atoms with E-state index in [1.54, 1.807) is 6.07 Å². The molecule has 1 amide bonds. The molecule has 1 fully saturated rings. The van der Waals surface area contributed by atoms with E-state index in [0.717, 1.165) is 37.2 Å². The van der Waals surface area contributed by atoms with Gasteiger partial charge in [-0.05, 0) is 17.5 Å². The molecule has 2 rings (SSSR count). The van der Waals surface area contributed by atoms with Crippen LogP contribution >= 0.6 is 0 Å². The van der Waals surface area contributed by atoms with Crippen LogP contribution in [-0.2, 0) is 31.7 Å². The molecule has 0 spiro atoms. The molecule has 0 bridgehead atoms. The molecule has 8 heteroatoms. The average Bonchev–Trinajstić information content (AvgIpc) is 2.61. The van der Waals surface area contributed by atoms with E-state index in [-0.39, 0.29) is 18.2 Å². The van der Waals surface area contributed by atoms with Crippen LogP contribution in [0.25, 0.3) is 0 Å². The summed E-state index contributed by atoms with van der Waals surface area (Å²) in [6.45, 7) is 6.14. The van der Waals surface area contributed by atoms with Crippen molar-refractivity contribution in [2.45, 2.75) is 19.1 Å². The molecule has 0 aliphatic carbocycles. The van der Waals surface area contributed by atoms with Crippen molar-refractivity contribution in [1.29, 1.82) is 0 Å². The topological polar surface area (TPSA) is 87.7 Å². The van der Waals surface area contributed by atoms with Gasteiger partial charge in [0, 0.05) is 26.2 Å². The quantitative estimate of drug-likeness (QED) is 0.645. The molecule has 0 atom stereocenters. The smallest absolute Gasteiger partial charge is 0.235 e. The van der Waals surface area contributed by atoms with Gasteiger partial charge in [0.05, 0.1) is 25.5 Å². The van der Waals surface area contributed by atoms with Gasteiger partial charge in [-0.3, -0.25) is 9.69 Å². The van der Waals surface area contributed by atoms with Crippen molar-refractivity contribution in [3.05, 3.63) is 35.4 Å². The number of ether oxygens (including phenoxy) is 1. The number of benzene rings is 1. The number of hydrogen-bond donors (Lipinski definition) is 2. The van der Waals surface area contributed by atoms with Gasteiger partial charge in [-0.25, -0.2) is 13.1 Å². The van der Waals surface area contributed by atoms with E-state index in [9.17, 15) is 13.2 Å². The zero-order chi connectivity index (χ0) is 18.1. The third-order valence-corrected chi connectivity index (χ3v) is 5.43. The summed E-state index contributed by atoms with van der Waals surface area (Å²) in [6.07, 6.45) is 0.772. The van der Waals surface area contributed by atoms with Crippen molar-refractivity contribution < 1.29 is 17.9 Å². The molecule has 0 aromatic heterocycles. The van der Waals surface area contributed by atoms with Crippen LogP contribution < -0.4 is 10.0 Å². The predicted octanol–water partition coefficient (Wildman–Crippen LogP) is 0.117. The molecule has 1 aromatic carbocycles. The molecule has 7 nitrogen and oxygen atoms in total. The Balaban J connectivity index is 1.72. The van der Waals surface area contributed by atoms with Gasteiger partial charge in [0.1, 0.15) is 0 Å². The molecule has 0 radical (unpaired) electrons. The number of nitrogens with one attached hydrogen (secondary N) is 2. The molecule has 2 N–H and O–H groups in total. The van der Waals surface area contributed by atoms with E-state index in [1.807, 2.05) is 25.1 Å². The third-order valence-electron chi connectivity index (χ3n) is 4.15. The first-order chi connectivity index (χ1) is 12.0. The zero-order valence-electron chi connectivity index (χ0n) is 14.7. The lowest BCUT2D eigenvalue weighted by Crippen LogP contribution is -2.43. The van der Waals surface area contributed by atoms with Crippen LogP contribution in [0.3, 0.4) is 0 Å². The van der Waals surface area contributed by atoms with E-state index in [1.165, 1.54) is 0 Å².